The molecule has 1 fully saturated rings. The van der Waals surface area contributed by atoms with Gasteiger partial charge in [0.2, 0.25) is 5.91 Å². The summed E-state index contributed by atoms with van der Waals surface area (Å²) < 4.78 is 18.5. The Hall–Kier alpha value is -2.11. The maximum absolute atomic E-state index is 12.8. The van der Waals surface area contributed by atoms with Crippen LogP contribution in [0.25, 0.3) is 0 Å². The summed E-state index contributed by atoms with van der Waals surface area (Å²) in [6.07, 6.45) is 0. The van der Waals surface area contributed by atoms with Gasteiger partial charge in [0, 0.05) is 13.1 Å². The zero-order valence-electron chi connectivity index (χ0n) is 11.5. The molecule has 1 aromatic carbocycles. The smallest absolute Gasteiger partial charge is 0.266 e. The van der Waals surface area contributed by atoms with Gasteiger partial charge in [-0.25, -0.2) is 4.39 Å². The van der Waals surface area contributed by atoms with Gasteiger partial charge < -0.3 is 15.0 Å². The number of amides is 2. The molecule has 1 aliphatic heterocycles. The summed E-state index contributed by atoms with van der Waals surface area (Å²) in [5.41, 5.74) is -1.12. The lowest BCUT2D eigenvalue weighted by Crippen LogP contribution is -2.56. The number of nitrogens with one attached hydrogen (secondary N) is 1. The highest BCUT2D eigenvalue weighted by Gasteiger charge is 2.36. The summed E-state index contributed by atoms with van der Waals surface area (Å²) in [6.45, 7) is 4.20. The van der Waals surface area contributed by atoms with Crippen molar-refractivity contribution in [2.75, 3.05) is 19.6 Å². The third-order valence-corrected chi connectivity index (χ3v) is 3.03. The van der Waals surface area contributed by atoms with Gasteiger partial charge in [-0.3, -0.25) is 9.59 Å². The van der Waals surface area contributed by atoms with E-state index in [9.17, 15) is 14.0 Å². The monoisotopic (exact) mass is 280 g/mol. The molecule has 20 heavy (non-hydrogen) atoms. The van der Waals surface area contributed by atoms with Crippen molar-refractivity contribution in [3.63, 3.8) is 0 Å². The van der Waals surface area contributed by atoms with Crippen molar-refractivity contribution in [1.29, 1.82) is 0 Å². The largest absolute Gasteiger partial charge is 0.478 e. The normalized spacial score (nSPS) is 15.8. The minimum absolute atomic E-state index is 0.0367. The van der Waals surface area contributed by atoms with Gasteiger partial charge in [-0.2, -0.15) is 0 Å². The molecule has 0 aromatic heterocycles. The van der Waals surface area contributed by atoms with E-state index in [4.69, 9.17) is 4.74 Å². The lowest BCUT2D eigenvalue weighted by atomic mass is 10.1. The molecule has 1 N–H and O–H groups in total. The molecule has 1 aromatic rings. The third-order valence-electron chi connectivity index (χ3n) is 3.03. The maximum atomic E-state index is 12.8. The fourth-order valence-corrected chi connectivity index (χ4v) is 2.03. The number of carbonyl (C=O) groups excluding carboxylic acids is 2. The van der Waals surface area contributed by atoms with Crippen molar-refractivity contribution in [2.45, 2.75) is 19.4 Å². The molecule has 1 aliphatic rings. The first-order valence-electron chi connectivity index (χ1n) is 6.39. The van der Waals surface area contributed by atoms with Gasteiger partial charge >= 0.3 is 0 Å². The SMILES string of the molecule is CC(C)(Oc1ccc(F)cc1)C(=O)N1CCNC(=O)C1. The first-order valence-corrected chi connectivity index (χ1v) is 6.39. The summed E-state index contributed by atoms with van der Waals surface area (Å²) in [7, 11) is 0. The van der Waals surface area contributed by atoms with E-state index in [-0.39, 0.29) is 24.2 Å². The number of rotatable bonds is 3. The van der Waals surface area contributed by atoms with Crippen LogP contribution < -0.4 is 10.1 Å². The standard InChI is InChI=1S/C14H17FN2O3/c1-14(2,20-11-5-3-10(15)4-6-11)13(19)17-8-7-16-12(18)9-17/h3-6H,7-9H2,1-2H3,(H,16,18). The molecule has 1 saturated heterocycles. The van der Waals surface area contributed by atoms with Crippen LogP contribution in [-0.2, 0) is 9.59 Å². The van der Waals surface area contributed by atoms with Crippen molar-refractivity contribution in [2.24, 2.45) is 0 Å². The van der Waals surface area contributed by atoms with Crippen LogP contribution in [0.3, 0.4) is 0 Å². The van der Waals surface area contributed by atoms with Gasteiger partial charge in [-0.15, -0.1) is 0 Å². The summed E-state index contributed by atoms with van der Waals surface area (Å²) in [4.78, 5) is 25.2. The molecule has 0 bridgehead atoms. The van der Waals surface area contributed by atoms with Crippen LogP contribution in [0, 0.1) is 5.82 Å². The minimum Gasteiger partial charge on any atom is -0.478 e. The fraction of sp³-hybridized carbons (Fsp3) is 0.429. The van der Waals surface area contributed by atoms with Crippen LogP contribution in [0.5, 0.6) is 5.75 Å². The van der Waals surface area contributed by atoms with E-state index in [1.54, 1.807) is 13.8 Å². The molecule has 108 valence electrons. The molecule has 0 saturated carbocycles. The topological polar surface area (TPSA) is 58.6 Å². The number of carbonyl (C=O) groups is 2. The molecule has 2 amide bonds. The van der Waals surface area contributed by atoms with Crippen LogP contribution in [0.1, 0.15) is 13.8 Å². The number of hydrogen-bond donors (Lipinski definition) is 1. The number of ether oxygens (including phenoxy) is 1. The number of nitrogens with zero attached hydrogens (tertiary/aromatic N) is 1. The molecule has 2 rings (SSSR count). The number of benzene rings is 1. The van der Waals surface area contributed by atoms with Crippen LogP contribution in [0.4, 0.5) is 4.39 Å². The van der Waals surface area contributed by atoms with E-state index >= 15 is 0 Å². The summed E-state index contributed by atoms with van der Waals surface area (Å²) in [6, 6.07) is 5.47. The Labute approximate surface area is 116 Å². The lowest BCUT2D eigenvalue weighted by Gasteiger charge is -2.34. The Kier molecular flexibility index (Phi) is 3.92. The molecule has 1 heterocycles. The number of piperazine rings is 1. The predicted molar refractivity (Wildman–Crippen MR) is 70.7 cm³/mol. The minimum atomic E-state index is -1.12. The first-order chi connectivity index (χ1) is 9.38. The highest BCUT2D eigenvalue weighted by atomic mass is 19.1. The quantitative estimate of drug-likeness (QED) is 0.896. The van der Waals surface area contributed by atoms with E-state index in [2.05, 4.69) is 5.32 Å². The van der Waals surface area contributed by atoms with Crippen LogP contribution in [0.15, 0.2) is 24.3 Å². The summed E-state index contributed by atoms with van der Waals surface area (Å²) in [5.74, 6) is -0.403. The molecule has 0 aliphatic carbocycles. The average molecular weight is 280 g/mol. The van der Waals surface area contributed by atoms with Gasteiger partial charge in [0.15, 0.2) is 5.60 Å². The molecule has 0 atom stereocenters. The van der Waals surface area contributed by atoms with Crippen LogP contribution in [0.2, 0.25) is 0 Å². The van der Waals surface area contributed by atoms with Crippen LogP contribution in [-0.4, -0.2) is 41.9 Å². The van der Waals surface area contributed by atoms with Gasteiger partial charge in [-0.1, -0.05) is 0 Å². The fourth-order valence-electron chi connectivity index (χ4n) is 2.03. The first kappa shape index (κ1) is 14.3. The van der Waals surface area contributed by atoms with E-state index < -0.39 is 5.60 Å². The molecule has 5 nitrogen and oxygen atoms in total. The maximum Gasteiger partial charge on any atom is 0.266 e. The van der Waals surface area contributed by atoms with E-state index in [0.717, 1.165) is 0 Å². The summed E-state index contributed by atoms with van der Waals surface area (Å²) in [5, 5.41) is 2.66. The molecular formula is C14H17FN2O3. The second kappa shape index (κ2) is 5.48. The second-order valence-corrected chi connectivity index (χ2v) is 5.14. The van der Waals surface area contributed by atoms with Crippen molar-refractivity contribution in [3.05, 3.63) is 30.1 Å². The van der Waals surface area contributed by atoms with Crippen molar-refractivity contribution in [3.8, 4) is 5.75 Å². The second-order valence-electron chi connectivity index (χ2n) is 5.14. The van der Waals surface area contributed by atoms with Crippen molar-refractivity contribution in [1.82, 2.24) is 10.2 Å². The lowest BCUT2D eigenvalue weighted by molar-refractivity contribution is -0.149. The molecule has 6 heteroatoms. The Bertz CT molecular complexity index is 514. The Balaban J connectivity index is 2.06. The molecule has 0 spiro atoms. The highest BCUT2D eigenvalue weighted by Crippen LogP contribution is 2.21. The Morgan fingerprint density at radius 1 is 1.35 bits per heavy atom. The number of halogens is 1. The van der Waals surface area contributed by atoms with Gasteiger partial charge in [0.05, 0.1) is 6.54 Å². The van der Waals surface area contributed by atoms with Crippen molar-refractivity contribution >= 4 is 11.8 Å². The van der Waals surface area contributed by atoms with E-state index in [1.807, 2.05) is 0 Å². The zero-order chi connectivity index (χ0) is 14.8. The van der Waals surface area contributed by atoms with Gasteiger partial charge in [0.25, 0.3) is 5.91 Å². The number of hydrogen-bond acceptors (Lipinski definition) is 3. The Morgan fingerprint density at radius 3 is 2.60 bits per heavy atom. The van der Waals surface area contributed by atoms with Crippen molar-refractivity contribution < 1.29 is 18.7 Å². The average Bonchev–Trinajstić information content (AvgIpc) is 2.40. The molecular weight excluding hydrogens is 263 g/mol. The summed E-state index contributed by atoms with van der Waals surface area (Å²) >= 11 is 0. The van der Waals surface area contributed by atoms with E-state index in [1.165, 1.54) is 29.2 Å². The van der Waals surface area contributed by atoms with E-state index in [0.29, 0.717) is 18.8 Å². The molecule has 0 radical (unpaired) electrons. The Morgan fingerprint density at radius 2 is 2.00 bits per heavy atom. The van der Waals surface area contributed by atoms with Crippen LogP contribution >= 0.6 is 0 Å². The third kappa shape index (κ3) is 3.26. The van der Waals surface area contributed by atoms with Gasteiger partial charge in [0.1, 0.15) is 11.6 Å². The zero-order valence-corrected chi connectivity index (χ0v) is 11.5. The highest BCUT2D eigenvalue weighted by molar-refractivity contribution is 5.90. The van der Waals surface area contributed by atoms with Gasteiger partial charge in [-0.05, 0) is 38.1 Å². The predicted octanol–water partition coefficient (Wildman–Crippen LogP) is 0.941. The molecule has 0 unspecified atom stereocenters.